The predicted octanol–water partition coefficient (Wildman–Crippen LogP) is 1.71. The SMILES string of the molecule is C#C[C@@H]1NC(=O)/C(=C/C)NC(=O)c2cc(SC)cc(n2)CNC(=O)C[C@@H](/C=C/CCSC(C)=O)OC1=O. The van der Waals surface area contributed by atoms with Crippen molar-refractivity contribution in [2.24, 2.45) is 0 Å². The Labute approximate surface area is 223 Å². The van der Waals surface area contributed by atoms with Gasteiger partial charge in [0.1, 0.15) is 17.5 Å². The molecule has 0 saturated heterocycles. The number of amides is 3. The number of aromatic nitrogens is 1. The Hall–Kier alpha value is -3.56. The van der Waals surface area contributed by atoms with Crippen molar-refractivity contribution < 1.29 is 28.7 Å². The molecule has 37 heavy (non-hydrogen) atoms. The lowest BCUT2D eigenvalue weighted by Crippen LogP contribution is -2.45. The summed E-state index contributed by atoms with van der Waals surface area (Å²) in [5.41, 5.74) is 0.352. The lowest BCUT2D eigenvalue weighted by atomic mass is 10.2. The molecule has 0 aliphatic carbocycles. The van der Waals surface area contributed by atoms with Crippen LogP contribution < -0.4 is 16.0 Å². The van der Waals surface area contributed by atoms with Gasteiger partial charge in [-0.1, -0.05) is 29.8 Å². The highest BCUT2D eigenvalue weighted by Gasteiger charge is 2.26. The van der Waals surface area contributed by atoms with Gasteiger partial charge in [0.05, 0.1) is 18.7 Å². The van der Waals surface area contributed by atoms with Crippen molar-refractivity contribution in [3.63, 3.8) is 0 Å². The Bertz CT molecular complexity index is 1160. The molecular weight excluding hydrogens is 516 g/mol. The number of cyclic esters (lactones) is 1. The average molecular weight is 545 g/mol. The minimum Gasteiger partial charge on any atom is -0.455 e. The van der Waals surface area contributed by atoms with Crippen molar-refractivity contribution in [1.29, 1.82) is 0 Å². The van der Waals surface area contributed by atoms with Crippen LogP contribution in [0.25, 0.3) is 0 Å². The van der Waals surface area contributed by atoms with E-state index in [0.29, 0.717) is 17.9 Å². The first kappa shape index (κ1) is 29.7. The normalized spacial score (nSPS) is 20.5. The van der Waals surface area contributed by atoms with Gasteiger partial charge >= 0.3 is 5.97 Å². The van der Waals surface area contributed by atoms with Crippen LogP contribution in [-0.2, 0) is 30.5 Å². The highest BCUT2D eigenvalue weighted by molar-refractivity contribution is 8.13. The summed E-state index contributed by atoms with van der Waals surface area (Å²) in [4.78, 5) is 67.1. The average Bonchev–Trinajstić information content (AvgIpc) is 2.87. The number of allylic oxidation sites excluding steroid dienone is 2. The second kappa shape index (κ2) is 14.9. The first-order chi connectivity index (χ1) is 17.7. The second-order valence-corrected chi connectivity index (χ2v) is 9.78. The van der Waals surface area contributed by atoms with Gasteiger partial charge in [0.2, 0.25) is 5.91 Å². The summed E-state index contributed by atoms with van der Waals surface area (Å²) in [5.74, 6) is -0.140. The van der Waals surface area contributed by atoms with Crippen LogP contribution in [0.15, 0.2) is 41.0 Å². The molecular formula is C25H28N4O6S2. The zero-order chi connectivity index (χ0) is 27.4. The number of terminal acetylenes is 1. The third kappa shape index (κ3) is 9.78. The number of nitrogens with zero attached hydrogens (tertiary/aromatic N) is 1. The number of hydrogen-bond acceptors (Lipinski definition) is 9. The first-order valence-electron chi connectivity index (χ1n) is 11.2. The van der Waals surface area contributed by atoms with E-state index in [1.54, 1.807) is 24.3 Å². The number of hydrogen-bond donors (Lipinski definition) is 3. The molecule has 0 fully saturated rings. The van der Waals surface area contributed by atoms with Crippen LogP contribution in [0, 0.1) is 12.3 Å². The topological polar surface area (TPSA) is 144 Å². The van der Waals surface area contributed by atoms with Crippen LogP contribution in [-0.4, -0.2) is 57.9 Å². The molecule has 2 atom stereocenters. The molecule has 0 spiro atoms. The summed E-state index contributed by atoms with van der Waals surface area (Å²) >= 11 is 2.54. The Morgan fingerprint density at radius 3 is 2.68 bits per heavy atom. The van der Waals surface area contributed by atoms with Crippen LogP contribution >= 0.6 is 23.5 Å². The van der Waals surface area contributed by atoms with Crippen LogP contribution in [0.1, 0.15) is 42.9 Å². The van der Waals surface area contributed by atoms with Gasteiger partial charge in [0, 0.05) is 17.6 Å². The van der Waals surface area contributed by atoms with Crippen molar-refractivity contribution in [2.45, 2.75) is 50.3 Å². The quantitative estimate of drug-likeness (QED) is 0.126. The lowest BCUT2D eigenvalue weighted by Gasteiger charge is -2.19. The summed E-state index contributed by atoms with van der Waals surface area (Å²) < 4.78 is 5.43. The molecule has 10 nitrogen and oxygen atoms in total. The highest BCUT2D eigenvalue weighted by Crippen LogP contribution is 2.17. The molecule has 3 amide bonds. The summed E-state index contributed by atoms with van der Waals surface area (Å²) in [6.07, 6.45) is 11.2. The van der Waals surface area contributed by atoms with E-state index in [9.17, 15) is 24.0 Å². The van der Waals surface area contributed by atoms with E-state index in [4.69, 9.17) is 11.2 Å². The molecule has 3 N–H and O–H groups in total. The van der Waals surface area contributed by atoms with Gasteiger partial charge in [-0.3, -0.25) is 19.2 Å². The van der Waals surface area contributed by atoms with Gasteiger partial charge in [-0.25, -0.2) is 9.78 Å². The van der Waals surface area contributed by atoms with Gasteiger partial charge < -0.3 is 20.7 Å². The fourth-order valence-electron chi connectivity index (χ4n) is 3.04. The minimum absolute atomic E-state index is 0.0180. The van der Waals surface area contributed by atoms with Crippen molar-refractivity contribution in [1.82, 2.24) is 20.9 Å². The third-order valence-electron chi connectivity index (χ3n) is 4.84. The van der Waals surface area contributed by atoms with Crippen LogP contribution in [0.2, 0.25) is 0 Å². The Morgan fingerprint density at radius 1 is 1.27 bits per heavy atom. The van der Waals surface area contributed by atoms with E-state index >= 15 is 0 Å². The van der Waals surface area contributed by atoms with E-state index in [1.165, 1.54) is 31.7 Å². The fraction of sp³-hybridized carbons (Fsp3) is 0.360. The third-order valence-corrected chi connectivity index (χ3v) is 6.39. The van der Waals surface area contributed by atoms with E-state index in [2.05, 4.69) is 26.9 Å². The fourth-order valence-corrected chi connectivity index (χ4v) is 4.06. The van der Waals surface area contributed by atoms with Gasteiger partial charge in [-0.05, 0) is 37.8 Å². The molecule has 1 aromatic heterocycles. The van der Waals surface area contributed by atoms with Gasteiger partial charge in [0.25, 0.3) is 11.8 Å². The molecule has 0 unspecified atom stereocenters. The largest absolute Gasteiger partial charge is 0.455 e. The molecule has 1 aromatic rings. The molecule has 2 rings (SSSR count). The zero-order valence-corrected chi connectivity index (χ0v) is 22.3. The first-order valence-corrected chi connectivity index (χ1v) is 13.4. The van der Waals surface area contributed by atoms with E-state index < -0.39 is 35.8 Å². The molecule has 196 valence electrons. The van der Waals surface area contributed by atoms with Crippen molar-refractivity contribution in [3.05, 3.63) is 47.4 Å². The van der Waals surface area contributed by atoms with E-state index in [-0.39, 0.29) is 29.5 Å². The van der Waals surface area contributed by atoms with Crippen molar-refractivity contribution >= 4 is 52.3 Å². The summed E-state index contributed by atoms with van der Waals surface area (Å²) in [6.45, 7) is 3.03. The van der Waals surface area contributed by atoms with Gasteiger partial charge in [0.15, 0.2) is 11.2 Å². The summed E-state index contributed by atoms with van der Waals surface area (Å²) in [5, 5.41) is 7.52. The van der Waals surface area contributed by atoms with Gasteiger partial charge in [-0.2, -0.15) is 0 Å². The molecule has 1 aliphatic rings. The van der Waals surface area contributed by atoms with Gasteiger partial charge in [-0.15, -0.1) is 18.2 Å². The highest BCUT2D eigenvalue weighted by atomic mass is 32.2. The lowest BCUT2D eigenvalue weighted by molar-refractivity contribution is -0.150. The maximum absolute atomic E-state index is 12.8. The number of esters is 1. The van der Waals surface area contributed by atoms with E-state index in [1.807, 2.05) is 6.26 Å². The Kier molecular flexibility index (Phi) is 11.9. The van der Waals surface area contributed by atoms with Crippen LogP contribution in [0.3, 0.4) is 0 Å². The van der Waals surface area contributed by atoms with Crippen molar-refractivity contribution in [2.75, 3.05) is 12.0 Å². The van der Waals surface area contributed by atoms with Crippen LogP contribution in [0.5, 0.6) is 0 Å². The summed E-state index contributed by atoms with van der Waals surface area (Å²) in [7, 11) is 0. The molecule has 0 radical (unpaired) electrons. The minimum atomic E-state index is -1.47. The summed E-state index contributed by atoms with van der Waals surface area (Å²) in [6, 6.07) is 1.83. The maximum atomic E-state index is 12.8. The smallest absolute Gasteiger partial charge is 0.341 e. The number of thioether (sulfide) groups is 2. The molecule has 1 aliphatic heterocycles. The molecule has 2 heterocycles. The standard InChI is InChI=1S/C25H28N4O6S2/c1-5-19-23(32)29-20(6-2)25(34)35-17(9-7-8-10-37-15(3)30)12-22(31)26-14-16-11-18(36-4)13-21(27-16)24(33)28-19/h2,5,7,9,11,13,17,20H,8,10,12,14H2,1,3-4H3,(H,26,31)(H,28,33)(H,29,32)/b9-7+,19-5-/t17-,20+/m1/s1. The number of nitrogens with one attached hydrogen (secondary N) is 3. The number of carbonyl (C=O) groups excluding carboxylic acids is 5. The second-order valence-electron chi connectivity index (χ2n) is 7.63. The zero-order valence-electron chi connectivity index (χ0n) is 20.7. The number of pyridine rings is 1. The predicted molar refractivity (Wildman–Crippen MR) is 141 cm³/mol. The van der Waals surface area contributed by atoms with E-state index in [0.717, 1.165) is 16.7 Å². The molecule has 0 aromatic carbocycles. The van der Waals surface area contributed by atoms with Crippen LogP contribution in [0.4, 0.5) is 0 Å². The number of rotatable bonds is 5. The Morgan fingerprint density at radius 2 is 2.03 bits per heavy atom. The Balaban J connectivity index is 2.37. The number of ether oxygens (including phenoxy) is 1. The monoisotopic (exact) mass is 544 g/mol. The number of carbonyl (C=O) groups is 5. The van der Waals surface area contributed by atoms with Crippen molar-refractivity contribution in [3.8, 4) is 12.3 Å². The molecule has 2 bridgehead atoms. The maximum Gasteiger partial charge on any atom is 0.341 e. The number of fused-ring (bicyclic) bond motifs is 2. The molecule has 0 saturated carbocycles. The molecule has 12 heteroatoms.